The van der Waals surface area contributed by atoms with Crippen molar-refractivity contribution < 1.29 is 14.0 Å². The minimum Gasteiger partial charge on any atom is -0.441 e. The Labute approximate surface area is 140 Å². The zero-order valence-corrected chi connectivity index (χ0v) is 13.7. The molecule has 1 fully saturated rings. The second kappa shape index (κ2) is 7.33. The van der Waals surface area contributed by atoms with Crippen molar-refractivity contribution in [1.29, 1.82) is 0 Å². The van der Waals surface area contributed by atoms with Crippen LogP contribution in [0.3, 0.4) is 0 Å². The van der Waals surface area contributed by atoms with Gasteiger partial charge in [-0.1, -0.05) is 6.42 Å². The van der Waals surface area contributed by atoms with Gasteiger partial charge in [-0.05, 0) is 37.5 Å². The maximum absolute atomic E-state index is 11.9. The maximum atomic E-state index is 11.9. The van der Waals surface area contributed by atoms with Crippen LogP contribution in [-0.2, 0) is 4.79 Å². The van der Waals surface area contributed by atoms with E-state index in [4.69, 9.17) is 4.42 Å². The molecular formula is C17H22N4O3. The molecule has 0 atom stereocenters. The van der Waals surface area contributed by atoms with Gasteiger partial charge in [-0.15, -0.1) is 0 Å². The highest BCUT2D eigenvalue weighted by Gasteiger charge is 2.24. The number of urea groups is 1. The van der Waals surface area contributed by atoms with E-state index in [1.807, 2.05) is 0 Å². The molecule has 128 valence electrons. The predicted octanol–water partition coefficient (Wildman–Crippen LogP) is 2.56. The van der Waals surface area contributed by atoms with Crippen molar-refractivity contribution in [3.05, 3.63) is 24.1 Å². The molecule has 1 aliphatic carbocycles. The second-order valence-corrected chi connectivity index (χ2v) is 6.07. The fraction of sp³-hybridized carbons (Fsp3) is 0.471. The molecule has 7 nitrogen and oxygen atoms in total. The molecule has 24 heavy (non-hydrogen) atoms. The minimum absolute atomic E-state index is 0.141. The number of carbonyl (C=O) groups is 2. The third kappa shape index (κ3) is 4.04. The maximum Gasteiger partial charge on any atom is 0.319 e. The van der Waals surface area contributed by atoms with E-state index >= 15 is 0 Å². The van der Waals surface area contributed by atoms with Crippen molar-refractivity contribution in [3.8, 4) is 0 Å². The van der Waals surface area contributed by atoms with E-state index in [9.17, 15) is 9.59 Å². The van der Waals surface area contributed by atoms with Gasteiger partial charge in [-0.3, -0.25) is 4.79 Å². The van der Waals surface area contributed by atoms with Crippen LogP contribution in [0.25, 0.3) is 11.1 Å². The van der Waals surface area contributed by atoms with Crippen LogP contribution >= 0.6 is 0 Å². The van der Waals surface area contributed by atoms with Crippen LogP contribution in [0, 0.1) is 12.8 Å². The third-order valence-corrected chi connectivity index (χ3v) is 4.17. The molecule has 0 saturated heterocycles. The molecule has 0 radical (unpaired) electrons. The third-order valence-electron chi connectivity index (χ3n) is 4.17. The van der Waals surface area contributed by atoms with E-state index in [1.165, 1.54) is 0 Å². The Morgan fingerprint density at radius 2 is 2.04 bits per heavy atom. The van der Waals surface area contributed by atoms with Crippen molar-refractivity contribution in [2.24, 2.45) is 5.92 Å². The summed E-state index contributed by atoms with van der Waals surface area (Å²) >= 11 is 0. The van der Waals surface area contributed by atoms with Gasteiger partial charge in [0, 0.05) is 31.6 Å². The number of hydrogen-bond acceptors (Lipinski definition) is 4. The first kappa shape index (κ1) is 16.3. The fourth-order valence-corrected chi connectivity index (χ4v) is 2.61. The molecule has 1 aliphatic rings. The van der Waals surface area contributed by atoms with Crippen molar-refractivity contribution in [1.82, 2.24) is 15.6 Å². The highest BCUT2D eigenvalue weighted by Crippen LogP contribution is 2.26. The molecule has 0 bridgehead atoms. The normalized spacial score (nSPS) is 14.2. The van der Waals surface area contributed by atoms with Gasteiger partial charge in [-0.2, -0.15) is 0 Å². The van der Waals surface area contributed by atoms with Crippen LogP contribution < -0.4 is 16.0 Å². The Hall–Kier alpha value is -2.57. The van der Waals surface area contributed by atoms with Gasteiger partial charge in [-0.25, -0.2) is 9.78 Å². The fourth-order valence-electron chi connectivity index (χ4n) is 2.61. The number of fused-ring (bicyclic) bond motifs is 1. The number of amides is 3. The summed E-state index contributed by atoms with van der Waals surface area (Å²) in [5.41, 5.74) is 2.07. The van der Waals surface area contributed by atoms with Gasteiger partial charge in [0.1, 0.15) is 5.52 Å². The minimum atomic E-state index is -0.278. The number of aryl methyl sites for hydroxylation is 1. The SMILES string of the molecule is Cc1nc2cc(NC(=O)NCCCNC(=O)C3CCC3)ccc2o1. The number of oxazole rings is 1. The van der Waals surface area contributed by atoms with Crippen molar-refractivity contribution in [2.75, 3.05) is 18.4 Å². The summed E-state index contributed by atoms with van der Waals surface area (Å²) in [4.78, 5) is 27.7. The first-order chi connectivity index (χ1) is 11.6. The zero-order valence-electron chi connectivity index (χ0n) is 13.7. The monoisotopic (exact) mass is 330 g/mol. The Bertz CT molecular complexity index is 737. The lowest BCUT2D eigenvalue weighted by Gasteiger charge is -2.23. The topological polar surface area (TPSA) is 96.3 Å². The molecule has 3 N–H and O–H groups in total. The van der Waals surface area contributed by atoms with Gasteiger partial charge in [0.25, 0.3) is 0 Å². The smallest absolute Gasteiger partial charge is 0.319 e. The number of anilines is 1. The molecule has 2 aromatic rings. The average molecular weight is 330 g/mol. The van der Waals surface area contributed by atoms with Crippen LogP contribution in [0.15, 0.2) is 22.6 Å². The molecule has 1 heterocycles. The van der Waals surface area contributed by atoms with Crippen molar-refractivity contribution in [2.45, 2.75) is 32.6 Å². The molecular weight excluding hydrogens is 308 g/mol. The molecule has 7 heteroatoms. The second-order valence-electron chi connectivity index (χ2n) is 6.07. The van der Waals surface area contributed by atoms with Crippen molar-refractivity contribution in [3.63, 3.8) is 0 Å². The van der Waals surface area contributed by atoms with Crippen LogP contribution in [0.5, 0.6) is 0 Å². The molecule has 0 aliphatic heterocycles. The summed E-state index contributed by atoms with van der Waals surface area (Å²) in [5, 5.41) is 8.43. The van der Waals surface area contributed by atoms with Crippen LogP contribution in [-0.4, -0.2) is 30.0 Å². The summed E-state index contributed by atoms with van der Waals surface area (Å²) in [6.07, 6.45) is 3.86. The Balaban J connectivity index is 1.36. The van der Waals surface area contributed by atoms with Gasteiger partial charge in [0.15, 0.2) is 11.5 Å². The first-order valence-electron chi connectivity index (χ1n) is 8.31. The summed E-state index contributed by atoms with van der Waals surface area (Å²) < 4.78 is 5.39. The van der Waals surface area contributed by atoms with E-state index in [1.54, 1.807) is 25.1 Å². The Morgan fingerprint density at radius 1 is 1.25 bits per heavy atom. The summed E-state index contributed by atoms with van der Waals surface area (Å²) in [6, 6.07) is 5.04. The molecule has 1 aromatic carbocycles. The quantitative estimate of drug-likeness (QED) is 0.709. The Morgan fingerprint density at radius 3 is 2.79 bits per heavy atom. The standard InChI is InChI=1S/C17H22N4O3/c1-11-20-14-10-13(6-7-15(14)24-11)21-17(23)19-9-3-8-18-16(22)12-4-2-5-12/h6-7,10,12H,2-5,8-9H2,1H3,(H,18,22)(H2,19,21,23). The van der Waals surface area contributed by atoms with E-state index in [-0.39, 0.29) is 17.9 Å². The highest BCUT2D eigenvalue weighted by molar-refractivity contribution is 5.91. The predicted molar refractivity (Wildman–Crippen MR) is 90.7 cm³/mol. The lowest BCUT2D eigenvalue weighted by atomic mass is 9.85. The van der Waals surface area contributed by atoms with Crippen LogP contribution in [0.1, 0.15) is 31.6 Å². The van der Waals surface area contributed by atoms with Gasteiger partial charge < -0.3 is 20.4 Å². The summed E-state index contributed by atoms with van der Waals surface area (Å²) in [6.45, 7) is 2.87. The number of nitrogens with zero attached hydrogens (tertiary/aromatic N) is 1. The molecule has 1 aromatic heterocycles. The first-order valence-corrected chi connectivity index (χ1v) is 8.31. The number of benzene rings is 1. The van der Waals surface area contributed by atoms with Crippen LogP contribution in [0.2, 0.25) is 0 Å². The summed E-state index contributed by atoms with van der Waals surface area (Å²) in [7, 11) is 0. The van der Waals surface area contributed by atoms with Crippen molar-refractivity contribution >= 4 is 28.7 Å². The molecule has 3 rings (SSSR count). The number of aromatic nitrogens is 1. The van der Waals surface area contributed by atoms with E-state index < -0.39 is 0 Å². The lowest BCUT2D eigenvalue weighted by molar-refractivity contribution is -0.127. The molecule has 0 unspecified atom stereocenters. The zero-order chi connectivity index (χ0) is 16.9. The average Bonchev–Trinajstić information content (AvgIpc) is 2.84. The van der Waals surface area contributed by atoms with E-state index in [0.717, 1.165) is 19.3 Å². The number of rotatable bonds is 6. The van der Waals surface area contributed by atoms with E-state index in [2.05, 4.69) is 20.9 Å². The molecule has 3 amide bonds. The molecule has 1 saturated carbocycles. The number of hydrogen-bond donors (Lipinski definition) is 3. The van der Waals surface area contributed by atoms with E-state index in [0.29, 0.717) is 42.2 Å². The number of carbonyl (C=O) groups excluding carboxylic acids is 2. The summed E-state index contributed by atoms with van der Waals surface area (Å²) in [5.74, 6) is 0.939. The van der Waals surface area contributed by atoms with Crippen LogP contribution in [0.4, 0.5) is 10.5 Å². The molecule has 0 spiro atoms. The Kier molecular flexibility index (Phi) is 4.98. The van der Waals surface area contributed by atoms with Gasteiger partial charge >= 0.3 is 6.03 Å². The highest BCUT2D eigenvalue weighted by atomic mass is 16.3. The van der Waals surface area contributed by atoms with Gasteiger partial charge in [0.05, 0.1) is 0 Å². The number of nitrogens with one attached hydrogen (secondary N) is 3. The van der Waals surface area contributed by atoms with Gasteiger partial charge in [0.2, 0.25) is 5.91 Å². The lowest BCUT2D eigenvalue weighted by Crippen LogP contribution is -2.36. The largest absolute Gasteiger partial charge is 0.441 e.